The molecular formula is C28H26BClFN7. The Balaban J connectivity index is 1.45. The van der Waals surface area contributed by atoms with Gasteiger partial charge < -0.3 is 10.6 Å². The molecule has 2 N–H and O–H groups in total. The predicted octanol–water partition coefficient (Wildman–Crippen LogP) is 5.91. The second-order valence-electron chi connectivity index (χ2n) is 10.4. The van der Waals surface area contributed by atoms with Crippen molar-refractivity contribution in [1.82, 2.24) is 20.0 Å². The molecule has 7 nitrogen and oxygen atoms in total. The third-order valence-corrected chi connectivity index (χ3v) is 8.00. The highest BCUT2D eigenvalue weighted by molar-refractivity contribution is 6.36. The number of pyridine rings is 1. The summed E-state index contributed by atoms with van der Waals surface area (Å²) in [5.41, 5.74) is 2.14. The molecule has 0 bridgehead atoms. The summed E-state index contributed by atoms with van der Waals surface area (Å²) in [4.78, 5) is 4.48. The summed E-state index contributed by atoms with van der Waals surface area (Å²) in [6, 6.07) is 12.5. The van der Waals surface area contributed by atoms with Crippen molar-refractivity contribution in [3.05, 3.63) is 76.5 Å². The molecule has 2 aromatic heterocycles. The zero-order valence-corrected chi connectivity index (χ0v) is 21.7. The van der Waals surface area contributed by atoms with Crippen LogP contribution in [0.2, 0.25) is 5.02 Å². The number of nitrogens with one attached hydrogen (secondary N) is 2. The van der Waals surface area contributed by atoms with Crippen molar-refractivity contribution in [3.63, 3.8) is 0 Å². The Morgan fingerprint density at radius 2 is 1.97 bits per heavy atom. The molecule has 0 aliphatic heterocycles. The van der Waals surface area contributed by atoms with E-state index in [-0.39, 0.29) is 11.9 Å². The molecule has 10 heteroatoms. The Bertz CT molecular complexity index is 1550. The fraction of sp³-hybridized carbons (Fsp3) is 0.357. The number of nitrogens with zero attached hydrogens (tertiary/aromatic N) is 5. The number of hydrogen-bond acceptors (Lipinski definition) is 6. The highest BCUT2D eigenvalue weighted by Gasteiger charge is 2.34. The molecule has 2 aliphatic rings. The van der Waals surface area contributed by atoms with Crippen LogP contribution in [0.4, 0.5) is 15.8 Å². The number of hydrogen-bond donors (Lipinski definition) is 2. The van der Waals surface area contributed by atoms with E-state index in [9.17, 15) is 9.65 Å². The number of aromatic nitrogens is 4. The van der Waals surface area contributed by atoms with Crippen LogP contribution in [0, 0.1) is 23.1 Å². The van der Waals surface area contributed by atoms with Crippen molar-refractivity contribution >= 4 is 41.7 Å². The summed E-state index contributed by atoms with van der Waals surface area (Å²) in [6.07, 6.45) is 8.82. The van der Waals surface area contributed by atoms with Crippen LogP contribution < -0.4 is 10.6 Å². The van der Waals surface area contributed by atoms with E-state index >= 15 is 0 Å². The highest BCUT2D eigenvalue weighted by atomic mass is 35.5. The maximum Gasteiger partial charge on any atom is 0.123 e. The Morgan fingerprint density at radius 3 is 2.66 bits per heavy atom. The molecule has 4 aromatic rings. The quantitative estimate of drug-likeness (QED) is 0.292. The SMILES string of the molecule is [B]C(Nc1cc(Cl)c2ncc(C#N)c(NC3CCCC3C)c2c1)(c1ccc(F)cc1)c1cn(C2CC2)nn1. The van der Waals surface area contributed by atoms with Crippen LogP contribution in [0.3, 0.4) is 0 Å². The van der Waals surface area contributed by atoms with Gasteiger partial charge in [-0.2, -0.15) is 5.26 Å². The summed E-state index contributed by atoms with van der Waals surface area (Å²) in [5, 5.41) is 26.7. The molecule has 6 rings (SSSR count). The number of benzene rings is 2. The Labute approximate surface area is 226 Å². The molecule has 2 aromatic carbocycles. The van der Waals surface area contributed by atoms with Crippen molar-refractivity contribution in [2.75, 3.05) is 10.6 Å². The van der Waals surface area contributed by atoms with E-state index in [4.69, 9.17) is 19.4 Å². The number of fused-ring (bicyclic) bond motifs is 1. The van der Waals surface area contributed by atoms with E-state index in [2.05, 4.69) is 38.9 Å². The first-order valence-electron chi connectivity index (χ1n) is 12.9. The summed E-state index contributed by atoms with van der Waals surface area (Å²) in [6.45, 7) is 2.22. The molecule has 0 amide bonds. The number of rotatable bonds is 7. The molecule has 190 valence electrons. The van der Waals surface area contributed by atoms with E-state index in [1.807, 2.05) is 16.9 Å². The van der Waals surface area contributed by atoms with Gasteiger partial charge in [-0.3, -0.25) is 4.98 Å². The molecule has 2 radical (unpaired) electrons. The van der Waals surface area contributed by atoms with Crippen molar-refractivity contribution in [2.45, 2.75) is 56.5 Å². The molecule has 0 saturated heterocycles. The lowest BCUT2D eigenvalue weighted by molar-refractivity contribution is 0.556. The Kier molecular flexibility index (Phi) is 6.23. The maximum absolute atomic E-state index is 13.8. The zero-order chi connectivity index (χ0) is 26.4. The standard InChI is InChI=1S/C28H26BClFN7/c1-16-3-2-4-24(16)34-26-17(13-32)14-33-27-22(26)11-20(12-23(27)30)35-28(29,18-5-7-19(31)8-6-18)25-15-38(37-36-25)21-9-10-21/h5-8,11-12,14-16,21,24,35H,2-4,9-10H2,1H3,(H,33,34). The van der Waals surface area contributed by atoms with Gasteiger partial charge in [-0.25, -0.2) is 9.07 Å². The average Bonchev–Trinajstić information content (AvgIpc) is 3.49. The first-order chi connectivity index (χ1) is 18.4. The fourth-order valence-electron chi connectivity index (χ4n) is 5.32. The lowest BCUT2D eigenvalue weighted by Crippen LogP contribution is -2.37. The van der Waals surface area contributed by atoms with E-state index in [0.717, 1.165) is 37.5 Å². The summed E-state index contributed by atoms with van der Waals surface area (Å²) in [7, 11) is 7.02. The summed E-state index contributed by atoms with van der Waals surface area (Å²) >= 11 is 6.73. The molecular weight excluding hydrogens is 500 g/mol. The highest BCUT2D eigenvalue weighted by Crippen LogP contribution is 2.39. The molecule has 3 atom stereocenters. The summed E-state index contributed by atoms with van der Waals surface area (Å²) in [5.74, 6) is 0.129. The van der Waals surface area contributed by atoms with Crippen LogP contribution in [-0.4, -0.2) is 33.9 Å². The minimum Gasteiger partial charge on any atom is -0.380 e. The van der Waals surface area contributed by atoms with Crippen molar-refractivity contribution in [2.24, 2.45) is 5.92 Å². The van der Waals surface area contributed by atoms with E-state index in [1.165, 1.54) is 12.1 Å². The molecule has 2 fully saturated rings. The molecule has 3 unspecified atom stereocenters. The van der Waals surface area contributed by atoms with Gasteiger partial charge in [0.05, 0.1) is 39.5 Å². The van der Waals surface area contributed by atoms with Gasteiger partial charge in [0.15, 0.2) is 0 Å². The van der Waals surface area contributed by atoms with Crippen LogP contribution in [-0.2, 0) is 5.44 Å². The molecule has 2 heterocycles. The second kappa shape index (κ2) is 9.59. The third-order valence-electron chi connectivity index (χ3n) is 7.71. The maximum atomic E-state index is 13.8. The fourth-order valence-corrected chi connectivity index (χ4v) is 5.58. The van der Waals surface area contributed by atoms with Gasteiger partial charge in [-0.15, -0.1) is 5.10 Å². The smallest absolute Gasteiger partial charge is 0.123 e. The van der Waals surface area contributed by atoms with Gasteiger partial charge in [0.1, 0.15) is 25.4 Å². The predicted molar refractivity (Wildman–Crippen MR) is 147 cm³/mol. The van der Waals surface area contributed by atoms with Crippen LogP contribution in [0.25, 0.3) is 10.9 Å². The van der Waals surface area contributed by atoms with Crippen LogP contribution in [0.5, 0.6) is 0 Å². The lowest BCUT2D eigenvalue weighted by Gasteiger charge is -2.32. The lowest BCUT2D eigenvalue weighted by atomic mass is 9.69. The first kappa shape index (κ1) is 24.7. The van der Waals surface area contributed by atoms with Crippen molar-refractivity contribution in [1.29, 1.82) is 5.26 Å². The van der Waals surface area contributed by atoms with Crippen LogP contribution in [0.15, 0.2) is 48.8 Å². The van der Waals surface area contributed by atoms with E-state index in [1.54, 1.807) is 24.4 Å². The topological polar surface area (TPSA) is 91.5 Å². The minimum atomic E-state index is -1.33. The van der Waals surface area contributed by atoms with Crippen LogP contribution >= 0.6 is 11.6 Å². The third kappa shape index (κ3) is 4.47. The average molecular weight is 526 g/mol. The number of halogens is 2. The normalized spacial score (nSPS) is 20.7. The largest absolute Gasteiger partial charge is 0.380 e. The Hall–Kier alpha value is -3.64. The van der Waals surface area contributed by atoms with Gasteiger partial charge in [0, 0.05) is 23.3 Å². The van der Waals surface area contributed by atoms with E-state index in [0.29, 0.717) is 50.7 Å². The first-order valence-corrected chi connectivity index (χ1v) is 13.3. The van der Waals surface area contributed by atoms with Gasteiger partial charge >= 0.3 is 0 Å². The van der Waals surface area contributed by atoms with Gasteiger partial charge in [-0.1, -0.05) is 42.3 Å². The minimum absolute atomic E-state index is 0.258. The molecule has 2 saturated carbocycles. The van der Waals surface area contributed by atoms with Crippen molar-refractivity contribution in [3.8, 4) is 6.07 Å². The van der Waals surface area contributed by atoms with Crippen LogP contribution in [0.1, 0.15) is 61.9 Å². The van der Waals surface area contributed by atoms with E-state index < -0.39 is 5.44 Å². The number of anilines is 2. The zero-order valence-electron chi connectivity index (χ0n) is 21.0. The van der Waals surface area contributed by atoms with Gasteiger partial charge in [0.25, 0.3) is 0 Å². The molecule has 38 heavy (non-hydrogen) atoms. The second-order valence-corrected chi connectivity index (χ2v) is 10.8. The van der Waals surface area contributed by atoms with Gasteiger partial charge in [-0.05, 0) is 61.4 Å². The number of nitriles is 1. The molecule has 0 spiro atoms. The summed E-state index contributed by atoms with van der Waals surface area (Å²) < 4.78 is 15.6. The van der Waals surface area contributed by atoms with Gasteiger partial charge in [0.2, 0.25) is 0 Å². The Morgan fingerprint density at radius 1 is 1.18 bits per heavy atom. The molecule has 2 aliphatic carbocycles. The monoisotopic (exact) mass is 525 g/mol. The van der Waals surface area contributed by atoms with Crippen molar-refractivity contribution < 1.29 is 4.39 Å².